The zero-order chi connectivity index (χ0) is 13.1. The molecule has 0 saturated carbocycles. The number of nitrogens with two attached hydrogens (primary N) is 1. The molecule has 2 N–H and O–H groups in total. The summed E-state index contributed by atoms with van der Waals surface area (Å²) in [4.78, 5) is 11.8. The molecule has 0 radical (unpaired) electrons. The molecule has 0 spiro atoms. The van der Waals surface area contributed by atoms with Crippen LogP contribution >= 0.6 is 0 Å². The molecule has 0 saturated heterocycles. The Labute approximate surface area is 104 Å². The van der Waals surface area contributed by atoms with E-state index in [0.29, 0.717) is 13.1 Å². The second kappa shape index (κ2) is 5.18. The van der Waals surface area contributed by atoms with Gasteiger partial charge >= 0.3 is 5.69 Å². The third-order valence-corrected chi connectivity index (χ3v) is 2.95. The number of hydrogen-bond acceptors (Lipinski definition) is 2. The van der Waals surface area contributed by atoms with E-state index in [4.69, 9.17) is 5.73 Å². The zero-order valence-corrected chi connectivity index (χ0v) is 10.2. The minimum Gasteiger partial charge on any atom is -0.322 e. The molecule has 0 fully saturated rings. The van der Waals surface area contributed by atoms with E-state index < -0.39 is 0 Å². The molecule has 18 heavy (non-hydrogen) atoms. The van der Waals surface area contributed by atoms with Crippen LogP contribution in [0.3, 0.4) is 0 Å². The Morgan fingerprint density at radius 3 is 2.39 bits per heavy atom. The fourth-order valence-corrected chi connectivity index (χ4v) is 1.86. The van der Waals surface area contributed by atoms with Gasteiger partial charge in [0.1, 0.15) is 5.82 Å². The maximum Gasteiger partial charge on any atom is 0.328 e. The number of aromatic nitrogens is 2. The average molecular weight is 249 g/mol. The van der Waals surface area contributed by atoms with Gasteiger partial charge in [0.25, 0.3) is 0 Å². The summed E-state index contributed by atoms with van der Waals surface area (Å²) < 4.78 is 16.0. The fourth-order valence-electron chi connectivity index (χ4n) is 1.86. The van der Waals surface area contributed by atoms with Crippen LogP contribution in [0.1, 0.15) is 18.5 Å². The van der Waals surface area contributed by atoms with Crippen LogP contribution in [0.2, 0.25) is 0 Å². The van der Waals surface area contributed by atoms with E-state index >= 15 is 0 Å². The third kappa shape index (κ3) is 2.51. The van der Waals surface area contributed by atoms with E-state index in [1.165, 1.54) is 12.1 Å². The summed E-state index contributed by atoms with van der Waals surface area (Å²) in [5.41, 5.74) is 6.74. The van der Waals surface area contributed by atoms with Gasteiger partial charge in [-0.05, 0) is 24.6 Å². The predicted octanol–water partition coefficient (Wildman–Crippen LogP) is 1.51. The number of hydrogen-bond donors (Lipinski definition) is 1. The predicted molar refractivity (Wildman–Crippen MR) is 67.7 cm³/mol. The SMILES string of the molecule is CCn1ccn(CC(N)c2ccc(F)cc2)c1=O. The molecule has 0 aliphatic heterocycles. The molecule has 5 heteroatoms. The first-order valence-corrected chi connectivity index (χ1v) is 5.88. The van der Waals surface area contributed by atoms with Crippen LogP contribution in [0.15, 0.2) is 41.5 Å². The minimum absolute atomic E-state index is 0.0740. The highest BCUT2D eigenvalue weighted by Crippen LogP contribution is 2.12. The van der Waals surface area contributed by atoms with Gasteiger partial charge < -0.3 is 5.73 Å². The Bertz CT molecular complexity index is 571. The number of benzene rings is 1. The van der Waals surface area contributed by atoms with E-state index in [1.54, 1.807) is 33.7 Å². The van der Waals surface area contributed by atoms with E-state index in [1.807, 2.05) is 6.92 Å². The second-order valence-electron chi connectivity index (χ2n) is 4.18. The van der Waals surface area contributed by atoms with Crippen molar-refractivity contribution in [2.75, 3.05) is 0 Å². The van der Waals surface area contributed by atoms with Crippen LogP contribution in [0.4, 0.5) is 4.39 Å². The molecule has 1 heterocycles. The average Bonchev–Trinajstić information content (AvgIpc) is 2.71. The van der Waals surface area contributed by atoms with Crippen molar-refractivity contribution in [3.8, 4) is 0 Å². The van der Waals surface area contributed by atoms with Crippen LogP contribution in [-0.2, 0) is 13.1 Å². The first-order valence-electron chi connectivity index (χ1n) is 5.88. The van der Waals surface area contributed by atoms with Gasteiger partial charge in [-0.3, -0.25) is 9.13 Å². The molecular formula is C13H16FN3O. The lowest BCUT2D eigenvalue weighted by molar-refractivity contribution is 0.546. The van der Waals surface area contributed by atoms with Crippen molar-refractivity contribution in [1.82, 2.24) is 9.13 Å². The third-order valence-electron chi connectivity index (χ3n) is 2.95. The lowest BCUT2D eigenvalue weighted by Crippen LogP contribution is -2.28. The Balaban J connectivity index is 2.16. The molecular weight excluding hydrogens is 233 g/mol. The van der Waals surface area contributed by atoms with Crippen LogP contribution in [0.5, 0.6) is 0 Å². The molecule has 2 rings (SSSR count). The summed E-state index contributed by atoms with van der Waals surface area (Å²) in [5, 5.41) is 0. The Morgan fingerprint density at radius 2 is 1.83 bits per heavy atom. The molecule has 1 unspecified atom stereocenters. The van der Waals surface area contributed by atoms with Crippen LogP contribution in [-0.4, -0.2) is 9.13 Å². The van der Waals surface area contributed by atoms with Crippen molar-refractivity contribution in [2.45, 2.75) is 26.1 Å². The zero-order valence-electron chi connectivity index (χ0n) is 10.2. The summed E-state index contributed by atoms with van der Waals surface area (Å²) in [6, 6.07) is 5.70. The molecule has 1 aromatic heterocycles. The maximum atomic E-state index is 12.8. The largest absolute Gasteiger partial charge is 0.328 e. The highest BCUT2D eigenvalue weighted by molar-refractivity contribution is 5.19. The normalized spacial score (nSPS) is 12.6. The van der Waals surface area contributed by atoms with Gasteiger partial charge in [0.15, 0.2) is 0 Å². The van der Waals surface area contributed by atoms with Crippen molar-refractivity contribution in [3.63, 3.8) is 0 Å². The van der Waals surface area contributed by atoms with Gasteiger partial charge in [0, 0.05) is 31.5 Å². The van der Waals surface area contributed by atoms with Gasteiger partial charge in [0.05, 0.1) is 0 Å². The van der Waals surface area contributed by atoms with Gasteiger partial charge in [-0.2, -0.15) is 0 Å². The van der Waals surface area contributed by atoms with Gasteiger partial charge in [-0.15, -0.1) is 0 Å². The molecule has 0 amide bonds. The number of rotatable bonds is 4. The number of nitrogens with zero attached hydrogens (tertiary/aromatic N) is 2. The number of halogens is 1. The topological polar surface area (TPSA) is 52.9 Å². The van der Waals surface area contributed by atoms with Gasteiger partial charge in [-0.25, -0.2) is 9.18 Å². The molecule has 0 aliphatic rings. The molecule has 4 nitrogen and oxygen atoms in total. The quantitative estimate of drug-likeness (QED) is 0.893. The highest BCUT2D eigenvalue weighted by atomic mass is 19.1. The Morgan fingerprint density at radius 1 is 1.22 bits per heavy atom. The molecule has 0 bridgehead atoms. The van der Waals surface area contributed by atoms with Crippen molar-refractivity contribution in [1.29, 1.82) is 0 Å². The first kappa shape index (κ1) is 12.6. The van der Waals surface area contributed by atoms with Crippen LogP contribution in [0.25, 0.3) is 0 Å². The van der Waals surface area contributed by atoms with E-state index in [2.05, 4.69) is 0 Å². The van der Waals surface area contributed by atoms with Gasteiger partial charge in [-0.1, -0.05) is 12.1 Å². The summed E-state index contributed by atoms with van der Waals surface area (Å²) in [5.74, 6) is -0.291. The lowest BCUT2D eigenvalue weighted by atomic mass is 10.1. The molecule has 1 atom stereocenters. The number of aryl methyl sites for hydroxylation is 1. The van der Waals surface area contributed by atoms with Crippen molar-refractivity contribution in [2.24, 2.45) is 5.73 Å². The minimum atomic E-state index is -0.323. The van der Waals surface area contributed by atoms with E-state index in [0.717, 1.165) is 5.56 Å². The van der Waals surface area contributed by atoms with Gasteiger partial charge in [0.2, 0.25) is 0 Å². The van der Waals surface area contributed by atoms with Crippen molar-refractivity contribution >= 4 is 0 Å². The highest BCUT2D eigenvalue weighted by Gasteiger charge is 2.09. The maximum absolute atomic E-state index is 12.8. The lowest BCUT2D eigenvalue weighted by Gasteiger charge is -2.12. The summed E-state index contributed by atoms with van der Waals surface area (Å²) in [6.07, 6.45) is 3.45. The first-order chi connectivity index (χ1) is 8.61. The Hall–Kier alpha value is -1.88. The molecule has 2 aromatic rings. The summed E-state index contributed by atoms with van der Waals surface area (Å²) >= 11 is 0. The molecule has 96 valence electrons. The Kier molecular flexibility index (Phi) is 3.62. The second-order valence-corrected chi connectivity index (χ2v) is 4.18. The fraction of sp³-hybridized carbons (Fsp3) is 0.308. The smallest absolute Gasteiger partial charge is 0.322 e. The van der Waals surface area contributed by atoms with E-state index in [9.17, 15) is 9.18 Å². The monoisotopic (exact) mass is 249 g/mol. The van der Waals surface area contributed by atoms with Crippen molar-refractivity contribution < 1.29 is 4.39 Å². The molecule has 1 aromatic carbocycles. The standard InChI is InChI=1S/C13H16FN3O/c1-2-16-7-8-17(13(16)18)9-12(15)10-3-5-11(14)6-4-10/h3-8,12H,2,9,15H2,1H3. The van der Waals surface area contributed by atoms with Crippen molar-refractivity contribution in [3.05, 3.63) is 58.5 Å². The summed E-state index contributed by atoms with van der Waals surface area (Å²) in [7, 11) is 0. The van der Waals surface area contributed by atoms with Crippen LogP contribution in [0, 0.1) is 5.82 Å². The van der Waals surface area contributed by atoms with E-state index in [-0.39, 0.29) is 17.5 Å². The van der Waals surface area contributed by atoms with Crippen LogP contribution < -0.4 is 11.4 Å². The molecule has 0 aliphatic carbocycles. The summed E-state index contributed by atoms with van der Waals surface area (Å²) in [6.45, 7) is 2.93. The number of imidazole rings is 1.